The number of hydrogen-bond donors (Lipinski definition) is 1. The lowest BCUT2D eigenvalue weighted by molar-refractivity contribution is 0.579. The summed E-state index contributed by atoms with van der Waals surface area (Å²) in [6.07, 6.45) is 1.74. The molecule has 0 bridgehead atoms. The van der Waals surface area contributed by atoms with Crippen molar-refractivity contribution in [3.05, 3.63) is 112 Å². The van der Waals surface area contributed by atoms with Crippen molar-refractivity contribution in [3.8, 4) is 11.1 Å². The highest BCUT2D eigenvalue weighted by Crippen LogP contribution is 2.36. The fourth-order valence-corrected chi connectivity index (χ4v) is 4.02. The number of aryl methyl sites for hydroxylation is 1. The van der Waals surface area contributed by atoms with Crippen LogP contribution in [0.5, 0.6) is 0 Å². The zero-order valence-corrected chi connectivity index (χ0v) is 17.9. The van der Waals surface area contributed by atoms with Gasteiger partial charge in [-0.15, -0.1) is 0 Å². The maximum absolute atomic E-state index is 14.6. The molecule has 2 heterocycles. The molecule has 6 heteroatoms. The van der Waals surface area contributed by atoms with Gasteiger partial charge in [0, 0.05) is 22.5 Å². The Bertz CT molecular complexity index is 1340. The van der Waals surface area contributed by atoms with E-state index in [2.05, 4.69) is 15.3 Å². The number of aliphatic imine (C=N–C) groups is 1. The van der Waals surface area contributed by atoms with Crippen LogP contribution in [0.2, 0.25) is 5.02 Å². The predicted octanol–water partition coefficient (Wildman–Crippen LogP) is 7.08. The van der Waals surface area contributed by atoms with Gasteiger partial charge in [-0.1, -0.05) is 41.4 Å². The van der Waals surface area contributed by atoms with E-state index in [-0.39, 0.29) is 17.8 Å². The van der Waals surface area contributed by atoms with Gasteiger partial charge in [0.25, 0.3) is 0 Å². The predicted molar refractivity (Wildman–Crippen MR) is 125 cm³/mol. The monoisotopic (exact) mass is 445 g/mol. The van der Waals surface area contributed by atoms with Gasteiger partial charge in [0.05, 0.1) is 17.8 Å². The molecule has 1 N–H and O–H groups in total. The van der Waals surface area contributed by atoms with Crippen molar-refractivity contribution < 1.29 is 8.78 Å². The van der Waals surface area contributed by atoms with Crippen molar-refractivity contribution in [3.63, 3.8) is 0 Å². The number of hydrogen-bond acceptors (Lipinski definition) is 3. The summed E-state index contributed by atoms with van der Waals surface area (Å²) in [5.41, 5.74) is 5.27. The van der Waals surface area contributed by atoms with E-state index < -0.39 is 11.6 Å². The number of benzene rings is 3. The molecule has 3 aromatic carbocycles. The van der Waals surface area contributed by atoms with Gasteiger partial charge in [-0.3, -0.25) is 4.99 Å². The normalized spacial score (nSPS) is 12.4. The Balaban J connectivity index is 1.64. The summed E-state index contributed by atoms with van der Waals surface area (Å²) in [6, 6.07) is 19.1. The van der Waals surface area contributed by atoms with Crippen molar-refractivity contribution in [1.29, 1.82) is 0 Å². The first-order valence-corrected chi connectivity index (χ1v) is 10.5. The molecule has 4 aromatic rings. The lowest BCUT2D eigenvalue weighted by Gasteiger charge is -2.14. The molecule has 0 aliphatic carbocycles. The third-order valence-corrected chi connectivity index (χ3v) is 5.68. The maximum atomic E-state index is 14.6. The van der Waals surface area contributed by atoms with Crippen molar-refractivity contribution in [2.45, 2.75) is 13.5 Å². The van der Waals surface area contributed by atoms with Crippen molar-refractivity contribution >= 4 is 28.8 Å². The van der Waals surface area contributed by atoms with Crippen molar-refractivity contribution in [2.24, 2.45) is 4.99 Å². The average molecular weight is 446 g/mol. The van der Waals surface area contributed by atoms with Crippen LogP contribution in [0.25, 0.3) is 11.1 Å². The largest absolute Gasteiger partial charge is 0.340 e. The molecule has 158 valence electrons. The van der Waals surface area contributed by atoms with Gasteiger partial charge in [-0.25, -0.2) is 13.8 Å². The summed E-state index contributed by atoms with van der Waals surface area (Å²) in [4.78, 5) is 9.10. The van der Waals surface area contributed by atoms with Gasteiger partial charge in [-0.2, -0.15) is 0 Å². The van der Waals surface area contributed by atoms with E-state index >= 15 is 0 Å². The zero-order valence-electron chi connectivity index (χ0n) is 17.2. The second-order valence-electron chi connectivity index (χ2n) is 7.67. The van der Waals surface area contributed by atoms with Crippen LogP contribution in [0.1, 0.15) is 22.3 Å². The first-order valence-electron chi connectivity index (χ1n) is 10.1. The maximum Gasteiger partial charge on any atom is 0.135 e. The number of rotatable bonds is 3. The Morgan fingerprint density at radius 2 is 1.62 bits per heavy atom. The highest BCUT2D eigenvalue weighted by Gasteiger charge is 2.24. The number of anilines is 2. The third kappa shape index (κ3) is 3.76. The average Bonchev–Trinajstić information content (AvgIpc) is 2.92. The molecule has 0 atom stereocenters. The van der Waals surface area contributed by atoms with E-state index in [1.54, 1.807) is 18.3 Å². The second kappa shape index (κ2) is 8.17. The highest BCUT2D eigenvalue weighted by atomic mass is 35.5. The van der Waals surface area contributed by atoms with E-state index in [9.17, 15) is 8.78 Å². The van der Waals surface area contributed by atoms with Gasteiger partial charge in [0.2, 0.25) is 0 Å². The van der Waals surface area contributed by atoms with Crippen LogP contribution in [-0.2, 0) is 6.54 Å². The van der Waals surface area contributed by atoms with Gasteiger partial charge < -0.3 is 5.32 Å². The molecule has 3 nitrogen and oxygen atoms in total. The number of nitrogens with one attached hydrogen (secondary N) is 1. The molecule has 0 saturated heterocycles. The van der Waals surface area contributed by atoms with Crippen molar-refractivity contribution in [1.82, 2.24) is 4.98 Å². The molecule has 1 aromatic heterocycles. The minimum Gasteiger partial charge on any atom is -0.340 e. The number of fused-ring (bicyclic) bond motifs is 3. The van der Waals surface area contributed by atoms with Gasteiger partial charge in [0.1, 0.15) is 17.5 Å². The molecule has 32 heavy (non-hydrogen) atoms. The molecule has 0 amide bonds. The highest BCUT2D eigenvalue weighted by molar-refractivity contribution is 6.31. The van der Waals surface area contributed by atoms with E-state index in [0.717, 1.165) is 22.4 Å². The number of nitrogens with zero attached hydrogens (tertiary/aromatic N) is 2. The van der Waals surface area contributed by atoms with Crippen LogP contribution in [0.15, 0.2) is 77.9 Å². The summed E-state index contributed by atoms with van der Waals surface area (Å²) in [5.74, 6) is -0.671. The van der Waals surface area contributed by atoms with Crippen LogP contribution in [0.3, 0.4) is 0 Å². The summed E-state index contributed by atoms with van der Waals surface area (Å²) in [5, 5.41) is 3.77. The quantitative estimate of drug-likeness (QED) is 0.365. The molecule has 0 fully saturated rings. The Kier molecular flexibility index (Phi) is 5.19. The Labute approximate surface area is 189 Å². The van der Waals surface area contributed by atoms with Crippen molar-refractivity contribution in [2.75, 3.05) is 5.32 Å². The standard InChI is InChI=1S/C26H18ClF2N3/c1-15-5-8-18(9-6-15)32-24-12-20-16(13-30-24)14-31-26(21-11-17(27)7-10-19(20)21)25-22(28)3-2-4-23(25)29/h2-13H,14H2,1H3,(H,30,32). The fraction of sp³-hybridized carbons (Fsp3) is 0.0769. The number of pyridine rings is 1. The third-order valence-electron chi connectivity index (χ3n) is 5.44. The molecular weight excluding hydrogens is 428 g/mol. The molecule has 0 spiro atoms. The molecule has 0 unspecified atom stereocenters. The lowest BCUT2D eigenvalue weighted by atomic mass is 9.92. The number of aromatic nitrogens is 1. The Hall–Kier alpha value is -3.57. The zero-order chi connectivity index (χ0) is 22.2. The van der Waals surface area contributed by atoms with Crippen LogP contribution < -0.4 is 5.32 Å². The summed E-state index contributed by atoms with van der Waals surface area (Å²) >= 11 is 6.27. The van der Waals surface area contributed by atoms with Gasteiger partial charge in [0.15, 0.2) is 0 Å². The fourth-order valence-electron chi connectivity index (χ4n) is 3.85. The smallest absolute Gasteiger partial charge is 0.135 e. The Morgan fingerprint density at radius 1 is 0.875 bits per heavy atom. The van der Waals surface area contributed by atoms with Crippen LogP contribution in [0, 0.1) is 18.6 Å². The topological polar surface area (TPSA) is 37.3 Å². The molecular formula is C26H18ClF2N3. The number of halogens is 3. The van der Waals surface area contributed by atoms with Crippen LogP contribution in [-0.4, -0.2) is 10.7 Å². The van der Waals surface area contributed by atoms with E-state index in [4.69, 9.17) is 11.6 Å². The SMILES string of the molecule is Cc1ccc(Nc2cc3c(cn2)CN=C(c2c(F)cccc2F)c2cc(Cl)ccc2-3)cc1. The van der Waals surface area contributed by atoms with E-state index in [0.29, 0.717) is 16.4 Å². The summed E-state index contributed by atoms with van der Waals surface area (Å²) in [7, 11) is 0. The van der Waals surface area contributed by atoms with E-state index in [1.807, 2.05) is 43.3 Å². The minimum absolute atomic E-state index is 0.158. The Morgan fingerprint density at radius 3 is 2.38 bits per heavy atom. The summed E-state index contributed by atoms with van der Waals surface area (Å²) in [6.45, 7) is 2.27. The lowest BCUT2D eigenvalue weighted by Crippen LogP contribution is -2.10. The molecule has 1 aliphatic heterocycles. The minimum atomic E-state index is -0.666. The van der Waals surface area contributed by atoms with Crippen LogP contribution in [0.4, 0.5) is 20.3 Å². The summed E-state index contributed by atoms with van der Waals surface area (Å²) < 4.78 is 29.3. The van der Waals surface area contributed by atoms with E-state index in [1.165, 1.54) is 23.8 Å². The first kappa shape index (κ1) is 20.3. The van der Waals surface area contributed by atoms with Gasteiger partial charge >= 0.3 is 0 Å². The molecule has 5 rings (SSSR count). The second-order valence-corrected chi connectivity index (χ2v) is 8.11. The molecule has 1 aliphatic rings. The first-order chi connectivity index (χ1) is 15.5. The molecule has 0 radical (unpaired) electrons. The van der Waals surface area contributed by atoms with Gasteiger partial charge in [-0.05, 0) is 66.1 Å². The molecule has 0 saturated carbocycles. The van der Waals surface area contributed by atoms with Crippen LogP contribution >= 0.6 is 11.6 Å².